The van der Waals surface area contributed by atoms with Gasteiger partial charge < -0.3 is 15.4 Å². The van der Waals surface area contributed by atoms with Gasteiger partial charge in [-0.05, 0) is 50.4 Å². The Morgan fingerprint density at radius 2 is 2.10 bits per heavy atom. The van der Waals surface area contributed by atoms with Crippen LogP contribution >= 0.6 is 15.9 Å². The Labute approximate surface area is 134 Å². The highest BCUT2D eigenvalue weighted by molar-refractivity contribution is 9.10. The second-order valence-corrected chi connectivity index (χ2v) is 6.32. The summed E-state index contributed by atoms with van der Waals surface area (Å²) in [5.41, 5.74) is 0.786. The maximum atomic E-state index is 11.9. The van der Waals surface area contributed by atoms with E-state index in [1.54, 1.807) is 0 Å². The van der Waals surface area contributed by atoms with Crippen molar-refractivity contribution in [1.29, 1.82) is 0 Å². The van der Waals surface area contributed by atoms with Gasteiger partial charge in [0.1, 0.15) is 6.61 Å². The number of anilines is 1. The van der Waals surface area contributed by atoms with Gasteiger partial charge in [0, 0.05) is 16.2 Å². The van der Waals surface area contributed by atoms with E-state index in [1.165, 1.54) is 0 Å². The summed E-state index contributed by atoms with van der Waals surface area (Å²) in [5, 5.41) is 6.31. The molecule has 1 aliphatic carbocycles. The molecule has 2 rings (SSSR count). The molecule has 1 amide bonds. The first-order chi connectivity index (χ1) is 10.2. The van der Waals surface area contributed by atoms with E-state index in [2.05, 4.69) is 33.5 Å². The predicted molar refractivity (Wildman–Crippen MR) is 88.4 cm³/mol. The van der Waals surface area contributed by atoms with Crippen molar-refractivity contribution in [2.45, 2.75) is 44.8 Å². The van der Waals surface area contributed by atoms with Crippen LogP contribution in [0.2, 0.25) is 0 Å². The maximum Gasteiger partial charge on any atom is 0.250 e. The molecule has 0 aliphatic heterocycles. The Bertz CT molecular complexity index is 459. The molecule has 1 aliphatic rings. The second kappa shape index (κ2) is 8.51. The van der Waals surface area contributed by atoms with E-state index in [0.29, 0.717) is 6.04 Å². The van der Waals surface area contributed by atoms with Gasteiger partial charge in [0.2, 0.25) is 5.91 Å². The van der Waals surface area contributed by atoms with E-state index < -0.39 is 0 Å². The smallest absolute Gasteiger partial charge is 0.250 e. The number of carbonyl (C=O) groups excluding carboxylic acids is 1. The molecule has 0 atom stereocenters. The van der Waals surface area contributed by atoms with Crippen LogP contribution in [0.4, 0.5) is 5.69 Å². The summed E-state index contributed by atoms with van der Waals surface area (Å²) in [7, 11) is 0. The van der Waals surface area contributed by atoms with Crippen LogP contribution in [-0.2, 0) is 9.53 Å². The monoisotopic (exact) mass is 354 g/mol. The topological polar surface area (TPSA) is 50.4 Å². The summed E-state index contributed by atoms with van der Waals surface area (Å²) in [6.45, 7) is 3.28. The van der Waals surface area contributed by atoms with Crippen molar-refractivity contribution in [3.05, 3.63) is 28.7 Å². The highest BCUT2D eigenvalue weighted by atomic mass is 79.9. The molecule has 4 nitrogen and oxygen atoms in total. The van der Waals surface area contributed by atoms with Crippen LogP contribution in [0.25, 0.3) is 0 Å². The molecule has 21 heavy (non-hydrogen) atoms. The minimum absolute atomic E-state index is 0.0955. The third-order valence-corrected chi connectivity index (χ3v) is 4.22. The summed E-state index contributed by atoms with van der Waals surface area (Å²) < 4.78 is 6.67. The van der Waals surface area contributed by atoms with Crippen LogP contribution in [0.3, 0.4) is 0 Å². The Morgan fingerprint density at radius 3 is 2.76 bits per heavy atom. The molecule has 0 saturated heterocycles. The zero-order chi connectivity index (χ0) is 15.1. The second-order valence-electron chi connectivity index (χ2n) is 5.40. The molecular formula is C16H23BrN2O2. The van der Waals surface area contributed by atoms with Gasteiger partial charge in [-0.2, -0.15) is 0 Å². The third-order valence-electron chi connectivity index (χ3n) is 3.73. The summed E-state index contributed by atoms with van der Waals surface area (Å²) in [6, 6.07) is 8.17. The Balaban J connectivity index is 1.68. The molecular weight excluding hydrogens is 332 g/mol. The number of rotatable bonds is 6. The molecule has 0 spiro atoms. The fraction of sp³-hybridized carbons (Fsp3) is 0.562. The number of hydrogen-bond acceptors (Lipinski definition) is 3. The van der Waals surface area contributed by atoms with Gasteiger partial charge in [0.05, 0.1) is 6.10 Å². The van der Waals surface area contributed by atoms with Crippen LogP contribution in [0.5, 0.6) is 0 Å². The fourth-order valence-electron chi connectivity index (χ4n) is 2.68. The lowest BCUT2D eigenvalue weighted by Crippen LogP contribution is -2.36. The molecule has 0 aromatic heterocycles. The quantitative estimate of drug-likeness (QED) is 0.823. The SMILES string of the molecule is CCNC1CCC(OCC(=O)Nc2cccc(Br)c2)CC1. The first-order valence-electron chi connectivity index (χ1n) is 7.57. The number of amides is 1. The van der Waals surface area contributed by atoms with Crippen LogP contribution in [0.1, 0.15) is 32.6 Å². The standard InChI is InChI=1S/C16H23BrN2O2/c1-2-18-13-6-8-15(9-7-13)21-11-16(20)19-14-5-3-4-12(17)10-14/h3-5,10,13,15,18H,2,6-9,11H2,1H3,(H,19,20). The van der Waals surface area contributed by atoms with E-state index in [4.69, 9.17) is 4.74 Å². The predicted octanol–water partition coefficient (Wildman–Crippen LogP) is 3.32. The lowest BCUT2D eigenvalue weighted by Gasteiger charge is -2.28. The van der Waals surface area contributed by atoms with E-state index in [1.807, 2.05) is 24.3 Å². The van der Waals surface area contributed by atoms with Gasteiger partial charge in [-0.25, -0.2) is 0 Å². The Hall–Kier alpha value is -0.910. The van der Waals surface area contributed by atoms with Gasteiger partial charge in [-0.1, -0.05) is 28.9 Å². The molecule has 0 bridgehead atoms. The molecule has 2 N–H and O–H groups in total. The van der Waals surface area contributed by atoms with Crippen LogP contribution in [-0.4, -0.2) is 31.2 Å². The van der Waals surface area contributed by atoms with Gasteiger partial charge in [0.25, 0.3) is 0 Å². The molecule has 1 aromatic rings. The highest BCUT2D eigenvalue weighted by Crippen LogP contribution is 2.21. The average molecular weight is 355 g/mol. The molecule has 0 unspecified atom stereocenters. The Morgan fingerprint density at radius 1 is 1.33 bits per heavy atom. The largest absolute Gasteiger partial charge is 0.368 e. The number of halogens is 1. The molecule has 1 aromatic carbocycles. The van der Waals surface area contributed by atoms with Crippen molar-refractivity contribution >= 4 is 27.5 Å². The van der Waals surface area contributed by atoms with Gasteiger partial charge >= 0.3 is 0 Å². The summed E-state index contributed by atoms with van der Waals surface area (Å²) in [5.74, 6) is -0.0955. The number of hydrogen-bond donors (Lipinski definition) is 2. The lowest BCUT2D eigenvalue weighted by atomic mass is 9.93. The summed E-state index contributed by atoms with van der Waals surface area (Å²) in [6.07, 6.45) is 4.54. The van der Waals surface area contributed by atoms with Crippen molar-refractivity contribution in [2.75, 3.05) is 18.5 Å². The normalized spacial score (nSPS) is 22.0. The van der Waals surface area contributed by atoms with Crippen LogP contribution in [0, 0.1) is 0 Å². The number of nitrogens with one attached hydrogen (secondary N) is 2. The zero-order valence-electron chi connectivity index (χ0n) is 12.4. The highest BCUT2D eigenvalue weighted by Gasteiger charge is 2.21. The molecule has 0 radical (unpaired) electrons. The molecule has 116 valence electrons. The van der Waals surface area contributed by atoms with E-state index in [-0.39, 0.29) is 18.6 Å². The zero-order valence-corrected chi connectivity index (χ0v) is 14.0. The van der Waals surface area contributed by atoms with E-state index in [9.17, 15) is 4.79 Å². The maximum absolute atomic E-state index is 11.9. The third kappa shape index (κ3) is 5.77. The van der Waals surface area contributed by atoms with Crippen molar-refractivity contribution in [3.8, 4) is 0 Å². The molecule has 0 heterocycles. The van der Waals surface area contributed by atoms with Crippen molar-refractivity contribution in [2.24, 2.45) is 0 Å². The van der Waals surface area contributed by atoms with Crippen LogP contribution < -0.4 is 10.6 Å². The van der Waals surface area contributed by atoms with Gasteiger partial charge in [0.15, 0.2) is 0 Å². The molecule has 5 heteroatoms. The first-order valence-corrected chi connectivity index (χ1v) is 8.37. The lowest BCUT2D eigenvalue weighted by molar-refractivity contribution is -0.123. The van der Waals surface area contributed by atoms with Crippen molar-refractivity contribution < 1.29 is 9.53 Å². The minimum atomic E-state index is -0.0955. The fourth-order valence-corrected chi connectivity index (χ4v) is 3.08. The average Bonchev–Trinajstić information content (AvgIpc) is 2.47. The van der Waals surface area contributed by atoms with Crippen LogP contribution in [0.15, 0.2) is 28.7 Å². The van der Waals surface area contributed by atoms with Crippen molar-refractivity contribution in [1.82, 2.24) is 5.32 Å². The van der Waals surface area contributed by atoms with E-state index in [0.717, 1.165) is 42.4 Å². The number of benzene rings is 1. The summed E-state index contributed by atoms with van der Waals surface area (Å²) >= 11 is 3.38. The molecule has 1 fully saturated rings. The Kier molecular flexibility index (Phi) is 6.67. The van der Waals surface area contributed by atoms with Gasteiger partial charge in [-0.15, -0.1) is 0 Å². The number of carbonyl (C=O) groups is 1. The van der Waals surface area contributed by atoms with Gasteiger partial charge in [-0.3, -0.25) is 4.79 Å². The van der Waals surface area contributed by atoms with E-state index >= 15 is 0 Å². The summed E-state index contributed by atoms with van der Waals surface area (Å²) in [4.78, 5) is 11.9. The number of ether oxygens (including phenoxy) is 1. The molecule has 1 saturated carbocycles. The first kappa shape index (κ1) is 16.5. The van der Waals surface area contributed by atoms with Crippen molar-refractivity contribution in [3.63, 3.8) is 0 Å². The minimum Gasteiger partial charge on any atom is -0.368 e.